The van der Waals surface area contributed by atoms with Gasteiger partial charge in [-0.05, 0) is 48.9 Å². The minimum absolute atomic E-state index is 0.214. The van der Waals surface area contributed by atoms with Crippen molar-refractivity contribution >= 4 is 12.0 Å². The van der Waals surface area contributed by atoms with E-state index in [-0.39, 0.29) is 17.6 Å². The first-order valence-electron chi connectivity index (χ1n) is 8.50. The van der Waals surface area contributed by atoms with Crippen LogP contribution < -0.4 is 10.1 Å². The van der Waals surface area contributed by atoms with Crippen LogP contribution in [-0.2, 0) is 4.79 Å². The second-order valence-corrected chi connectivity index (χ2v) is 5.90. The molecule has 1 unspecified atom stereocenters. The number of hydrogen-bond acceptors (Lipinski definition) is 4. The van der Waals surface area contributed by atoms with E-state index in [0.717, 1.165) is 29.8 Å². The largest absolute Gasteiger partial charge is 0.424 e. The Morgan fingerprint density at radius 3 is 2.46 bits per heavy atom. The van der Waals surface area contributed by atoms with Crippen molar-refractivity contribution in [1.29, 1.82) is 0 Å². The fourth-order valence-electron chi connectivity index (χ4n) is 2.46. The van der Waals surface area contributed by atoms with Crippen LogP contribution in [0.2, 0.25) is 0 Å². The fraction of sp³-hybridized carbons (Fsp3) is 0.0952. The van der Waals surface area contributed by atoms with Crippen LogP contribution in [0, 0.1) is 11.6 Å². The molecule has 142 valence electrons. The average molecular weight is 381 g/mol. The summed E-state index contributed by atoms with van der Waals surface area (Å²) in [6.07, 6.45) is 5.34. The first-order valence-corrected chi connectivity index (χ1v) is 8.50. The van der Waals surface area contributed by atoms with E-state index in [1.54, 1.807) is 43.6 Å². The lowest BCUT2D eigenvalue weighted by Gasteiger charge is -2.14. The lowest BCUT2D eigenvalue weighted by atomic mass is 10.1. The van der Waals surface area contributed by atoms with Crippen molar-refractivity contribution in [2.24, 2.45) is 0 Å². The summed E-state index contributed by atoms with van der Waals surface area (Å²) in [6.45, 7) is 1.79. The van der Waals surface area contributed by atoms with Crippen molar-refractivity contribution in [2.45, 2.75) is 13.0 Å². The Kier molecular flexibility index (Phi) is 6.06. The molecular formula is C21H17F2N3O2. The van der Waals surface area contributed by atoms with Gasteiger partial charge in [0.05, 0.1) is 6.04 Å². The zero-order valence-corrected chi connectivity index (χ0v) is 15.0. The Morgan fingerprint density at radius 2 is 1.75 bits per heavy atom. The number of nitrogens with zero attached hydrogens (tertiary/aromatic N) is 2. The lowest BCUT2D eigenvalue weighted by molar-refractivity contribution is -0.117. The van der Waals surface area contributed by atoms with Gasteiger partial charge in [0, 0.05) is 24.0 Å². The van der Waals surface area contributed by atoms with Crippen LogP contribution in [-0.4, -0.2) is 15.9 Å². The number of carbonyl (C=O) groups excluding carboxylic acids is 1. The quantitative estimate of drug-likeness (QED) is 0.641. The normalized spacial score (nSPS) is 12.0. The monoisotopic (exact) mass is 381 g/mol. The van der Waals surface area contributed by atoms with Gasteiger partial charge in [0.1, 0.15) is 17.4 Å². The van der Waals surface area contributed by atoms with Crippen molar-refractivity contribution in [3.8, 4) is 11.8 Å². The molecule has 0 saturated heterocycles. The molecule has 1 atom stereocenters. The van der Waals surface area contributed by atoms with Crippen LogP contribution in [0.25, 0.3) is 6.08 Å². The fourth-order valence-corrected chi connectivity index (χ4v) is 2.46. The maximum absolute atomic E-state index is 13.6. The number of amides is 1. The molecule has 5 nitrogen and oxygen atoms in total. The molecule has 0 saturated carbocycles. The van der Waals surface area contributed by atoms with Crippen molar-refractivity contribution < 1.29 is 18.3 Å². The van der Waals surface area contributed by atoms with Crippen LogP contribution in [0.1, 0.15) is 24.1 Å². The molecule has 0 bridgehead atoms. The van der Waals surface area contributed by atoms with E-state index >= 15 is 0 Å². The highest BCUT2D eigenvalue weighted by atomic mass is 19.1. The first-order chi connectivity index (χ1) is 13.5. The number of benzene rings is 2. The third-order valence-electron chi connectivity index (χ3n) is 3.87. The molecular weight excluding hydrogens is 364 g/mol. The smallest absolute Gasteiger partial charge is 0.321 e. The predicted molar refractivity (Wildman–Crippen MR) is 100 cm³/mol. The summed E-state index contributed by atoms with van der Waals surface area (Å²) < 4.78 is 32.8. The number of halogens is 2. The number of hydrogen-bond donors (Lipinski definition) is 1. The summed E-state index contributed by atoms with van der Waals surface area (Å²) in [5.74, 6) is -1.42. The minimum atomic E-state index is -0.731. The summed E-state index contributed by atoms with van der Waals surface area (Å²) in [7, 11) is 0. The zero-order chi connectivity index (χ0) is 19.9. The summed E-state index contributed by atoms with van der Waals surface area (Å²) in [6, 6.07) is 12.2. The molecule has 0 aliphatic carbocycles. The number of ether oxygens (including phenoxy) is 1. The highest BCUT2D eigenvalue weighted by molar-refractivity contribution is 5.92. The van der Waals surface area contributed by atoms with Gasteiger partial charge in [-0.2, -0.15) is 0 Å². The van der Waals surface area contributed by atoms with Gasteiger partial charge in [0.15, 0.2) is 0 Å². The van der Waals surface area contributed by atoms with Gasteiger partial charge in [0.2, 0.25) is 5.91 Å². The van der Waals surface area contributed by atoms with Crippen LogP contribution in [0.4, 0.5) is 8.78 Å². The Morgan fingerprint density at radius 1 is 1.07 bits per heavy atom. The predicted octanol–water partition coefficient (Wildman–Crippen LogP) is 4.44. The van der Waals surface area contributed by atoms with Crippen LogP contribution in [0.15, 0.2) is 67.0 Å². The Labute approximate surface area is 160 Å². The topological polar surface area (TPSA) is 64.1 Å². The molecule has 0 fully saturated rings. The second kappa shape index (κ2) is 8.85. The molecule has 1 aromatic heterocycles. The summed E-state index contributed by atoms with van der Waals surface area (Å²) in [4.78, 5) is 20.1. The molecule has 1 N–H and O–H groups in total. The van der Waals surface area contributed by atoms with E-state index in [1.165, 1.54) is 6.07 Å². The van der Waals surface area contributed by atoms with Gasteiger partial charge in [-0.15, -0.1) is 0 Å². The molecule has 1 amide bonds. The van der Waals surface area contributed by atoms with E-state index in [9.17, 15) is 13.6 Å². The van der Waals surface area contributed by atoms with Crippen LogP contribution >= 0.6 is 0 Å². The summed E-state index contributed by atoms with van der Waals surface area (Å²) in [5.41, 5.74) is 0.524. The van der Waals surface area contributed by atoms with Gasteiger partial charge >= 0.3 is 6.01 Å². The van der Waals surface area contributed by atoms with Gasteiger partial charge < -0.3 is 10.1 Å². The molecule has 0 aliphatic heterocycles. The van der Waals surface area contributed by atoms with Crippen molar-refractivity contribution in [3.63, 3.8) is 0 Å². The first kappa shape index (κ1) is 19.2. The molecule has 7 heteroatoms. The van der Waals surface area contributed by atoms with Crippen molar-refractivity contribution in [2.75, 3.05) is 0 Å². The van der Waals surface area contributed by atoms with Crippen molar-refractivity contribution in [3.05, 3.63) is 89.8 Å². The molecule has 3 rings (SSSR count). The lowest BCUT2D eigenvalue weighted by Crippen LogP contribution is -2.24. The standard InChI is InChI=1S/C21H17F2N3O2/c1-14(26-20(27)10-9-17-18(22)7-3-8-19(17)23)15-5-2-6-16(13-15)28-21-24-11-4-12-25-21/h2-14H,1H3,(H,26,27). The second-order valence-electron chi connectivity index (χ2n) is 5.90. The van der Waals surface area contributed by atoms with Crippen LogP contribution in [0.3, 0.4) is 0 Å². The highest BCUT2D eigenvalue weighted by Crippen LogP contribution is 2.22. The Hall–Kier alpha value is -3.61. The maximum atomic E-state index is 13.6. The van der Waals surface area contributed by atoms with Gasteiger partial charge in [-0.3, -0.25) is 4.79 Å². The number of rotatable bonds is 6. The average Bonchev–Trinajstić information content (AvgIpc) is 2.68. The van der Waals surface area contributed by atoms with E-state index in [2.05, 4.69) is 15.3 Å². The summed E-state index contributed by atoms with van der Waals surface area (Å²) >= 11 is 0. The molecule has 1 heterocycles. The third kappa shape index (κ3) is 4.97. The molecule has 28 heavy (non-hydrogen) atoms. The SMILES string of the molecule is CC(NC(=O)C=Cc1c(F)cccc1F)c1cccc(Oc2ncccn2)c1. The van der Waals surface area contributed by atoms with Crippen molar-refractivity contribution in [1.82, 2.24) is 15.3 Å². The number of carbonyl (C=O) groups is 1. The zero-order valence-electron chi connectivity index (χ0n) is 15.0. The summed E-state index contributed by atoms with van der Waals surface area (Å²) in [5, 5.41) is 2.74. The number of nitrogens with one attached hydrogen (secondary N) is 1. The molecule has 2 aromatic carbocycles. The van der Waals surface area contributed by atoms with E-state index in [0.29, 0.717) is 5.75 Å². The molecule has 3 aromatic rings. The molecule has 0 spiro atoms. The molecule has 0 radical (unpaired) electrons. The van der Waals surface area contributed by atoms with Crippen LogP contribution in [0.5, 0.6) is 11.8 Å². The minimum Gasteiger partial charge on any atom is -0.424 e. The Balaban J connectivity index is 1.65. The Bertz CT molecular complexity index is 974. The van der Waals surface area contributed by atoms with E-state index in [1.807, 2.05) is 6.07 Å². The van der Waals surface area contributed by atoms with E-state index in [4.69, 9.17) is 4.74 Å². The van der Waals surface area contributed by atoms with Gasteiger partial charge in [-0.25, -0.2) is 18.7 Å². The van der Waals surface area contributed by atoms with Gasteiger partial charge in [-0.1, -0.05) is 18.2 Å². The maximum Gasteiger partial charge on any atom is 0.321 e. The highest BCUT2D eigenvalue weighted by Gasteiger charge is 2.10. The molecule has 0 aliphatic rings. The third-order valence-corrected chi connectivity index (χ3v) is 3.87. The van der Waals surface area contributed by atoms with E-state index < -0.39 is 17.5 Å². The van der Waals surface area contributed by atoms with Gasteiger partial charge in [0.25, 0.3) is 0 Å². The number of aromatic nitrogens is 2.